The molecule has 1 fully saturated rings. The largest absolute Gasteiger partial charge is 0.394 e. The Labute approximate surface area is 93.8 Å². The van der Waals surface area contributed by atoms with E-state index in [9.17, 15) is 4.39 Å². The van der Waals surface area contributed by atoms with Crippen molar-refractivity contribution in [2.75, 3.05) is 13.2 Å². The van der Waals surface area contributed by atoms with Crippen LogP contribution < -0.4 is 0 Å². The molecule has 0 aliphatic carbocycles. The van der Waals surface area contributed by atoms with Crippen LogP contribution in [0.4, 0.5) is 4.39 Å². The Hall–Kier alpha value is -0.970. The highest BCUT2D eigenvalue weighted by atomic mass is 19.1. The molecule has 2 unspecified atom stereocenters. The molecule has 1 heterocycles. The fraction of sp³-hybridized carbons (Fsp3) is 0.500. The summed E-state index contributed by atoms with van der Waals surface area (Å²) in [4.78, 5) is 0. The summed E-state index contributed by atoms with van der Waals surface area (Å²) in [5, 5.41) is 8.94. The third-order valence-corrected chi connectivity index (χ3v) is 2.66. The third kappa shape index (κ3) is 2.40. The molecule has 3 nitrogen and oxygen atoms in total. The summed E-state index contributed by atoms with van der Waals surface area (Å²) in [6.07, 6.45) is 0.0349. The lowest BCUT2D eigenvalue weighted by Crippen LogP contribution is -2.30. The van der Waals surface area contributed by atoms with Crippen LogP contribution in [0, 0.1) is 5.82 Å². The Morgan fingerprint density at radius 1 is 1.50 bits per heavy atom. The standard InChI is InChI=1S/C12H15FO3/c1-12(15-8-10(7-14)16-12)6-9-4-2-3-5-11(9)13/h2-5,10,14H,6-8H2,1H3. The molecule has 0 aromatic heterocycles. The van der Waals surface area contributed by atoms with E-state index < -0.39 is 5.79 Å². The molecule has 88 valence electrons. The van der Waals surface area contributed by atoms with Crippen molar-refractivity contribution in [2.24, 2.45) is 0 Å². The van der Waals surface area contributed by atoms with Gasteiger partial charge in [-0.3, -0.25) is 0 Å². The summed E-state index contributed by atoms with van der Waals surface area (Å²) in [7, 11) is 0. The zero-order valence-corrected chi connectivity index (χ0v) is 9.15. The van der Waals surface area contributed by atoms with E-state index in [1.54, 1.807) is 25.1 Å². The smallest absolute Gasteiger partial charge is 0.170 e. The number of hydrogen-bond donors (Lipinski definition) is 1. The second kappa shape index (κ2) is 4.49. The fourth-order valence-electron chi connectivity index (χ4n) is 1.86. The molecule has 4 heteroatoms. The first-order valence-electron chi connectivity index (χ1n) is 5.29. The van der Waals surface area contributed by atoms with E-state index in [1.165, 1.54) is 6.07 Å². The van der Waals surface area contributed by atoms with Gasteiger partial charge in [-0.2, -0.15) is 0 Å². The molecular weight excluding hydrogens is 211 g/mol. The predicted octanol–water partition coefficient (Wildman–Crippen LogP) is 1.49. The lowest BCUT2D eigenvalue weighted by molar-refractivity contribution is -0.156. The minimum Gasteiger partial charge on any atom is -0.394 e. The highest BCUT2D eigenvalue weighted by molar-refractivity contribution is 5.18. The quantitative estimate of drug-likeness (QED) is 0.848. The molecule has 0 spiro atoms. The molecule has 2 atom stereocenters. The van der Waals surface area contributed by atoms with E-state index in [4.69, 9.17) is 14.6 Å². The molecule has 1 N–H and O–H groups in total. The monoisotopic (exact) mass is 226 g/mol. The van der Waals surface area contributed by atoms with Gasteiger partial charge in [0, 0.05) is 6.42 Å². The summed E-state index contributed by atoms with van der Waals surface area (Å²) in [6.45, 7) is 2.03. The number of halogens is 1. The summed E-state index contributed by atoms with van der Waals surface area (Å²) in [5.74, 6) is -1.10. The second-order valence-electron chi connectivity index (χ2n) is 4.14. The van der Waals surface area contributed by atoms with Crippen LogP contribution in [-0.2, 0) is 15.9 Å². The van der Waals surface area contributed by atoms with Gasteiger partial charge in [-0.25, -0.2) is 4.39 Å². The van der Waals surface area contributed by atoms with Gasteiger partial charge in [0.2, 0.25) is 0 Å². The van der Waals surface area contributed by atoms with Gasteiger partial charge in [0.05, 0.1) is 13.2 Å². The number of hydrogen-bond acceptors (Lipinski definition) is 3. The normalized spacial score (nSPS) is 29.6. The average molecular weight is 226 g/mol. The Morgan fingerprint density at radius 3 is 2.88 bits per heavy atom. The van der Waals surface area contributed by atoms with Crippen LogP contribution in [0.25, 0.3) is 0 Å². The highest BCUT2D eigenvalue weighted by Gasteiger charge is 2.37. The lowest BCUT2D eigenvalue weighted by atomic mass is 10.1. The SMILES string of the molecule is CC1(Cc2ccccc2F)OCC(CO)O1. The van der Waals surface area contributed by atoms with Gasteiger partial charge in [-0.1, -0.05) is 18.2 Å². The summed E-state index contributed by atoms with van der Waals surface area (Å²) in [6, 6.07) is 6.55. The van der Waals surface area contributed by atoms with Crippen LogP contribution in [0.15, 0.2) is 24.3 Å². The topological polar surface area (TPSA) is 38.7 Å². The van der Waals surface area contributed by atoms with Gasteiger partial charge in [-0.15, -0.1) is 0 Å². The van der Waals surface area contributed by atoms with Crippen molar-refractivity contribution in [2.45, 2.75) is 25.2 Å². The van der Waals surface area contributed by atoms with Crippen LogP contribution in [0.2, 0.25) is 0 Å². The van der Waals surface area contributed by atoms with Crippen molar-refractivity contribution in [1.29, 1.82) is 0 Å². The first-order valence-corrected chi connectivity index (χ1v) is 5.29. The van der Waals surface area contributed by atoms with E-state index in [0.717, 1.165) is 0 Å². The van der Waals surface area contributed by atoms with Crippen molar-refractivity contribution in [3.63, 3.8) is 0 Å². The van der Waals surface area contributed by atoms with Gasteiger partial charge in [0.25, 0.3) is 0 Å². The Morgan fingerprint density at radius 2 is 2.25 bits per heavy atom. The maximum Gasteiger partial charge on any atom is 0.170 e. The number of rotatable bonds is 3. The number of ether oxygens (including phenoxy) is 2. The minimum absolute atomic E-state index is 0.0765. The lowest BCUT2D eigenvalue weighted by Gasteiger charge is -2.23. The zero-order valence-electron chi connectivity index (χ0n) is 9.15. The summed E-state index contributed by atoms with van der Waals surface area (Å²) >= 11 is 0. The van der Waals surface area contributed by atoms with Crippen molar-refractivity contribution in [3.8, 4) is 0 Å². The molecule has 0 bridgehead atoms. The maximum absolute atomic E-state index is 13.4. The summed E-state index contributed by atoms with van der Waals surface area (Å²) < 4.78 is 24.4. The molecule has 1 aliphatic rings. The zero-order chi connectivity index (χ0) is 11.6. The molecule has 16 heavy (non-hydrogen) atoms. The van der Waals surface area contributed by atoms with Crippen molar-refractivity contribution >= 4 is 0 Å². The Balaban J connectivity index is 2.08. The number of aliphatic hydroxyl groups excluding tert-OH is 1. The molecule has 1 aromatic rings. The maximum atomic E-state index is 13.4. The van der Waals surface area contributed by atoms with Crippen LogP contribution in [-0.4, -0.2) is 30.2 Å². The molecule has 1 aliphatic heterocycles. The van der Waals surface area contributed by atoms with Gasteiger partial charge < -0.3 is 14.6 Å². The van der Waals surface area contributed by atoms with Crippen molar-refractivity contribution < 1.29 is 19.0 Å². The first-order chi connectivity index (χ1) is 7.63. The van der Waals surface area contributed by atoms with Crippen LogP contribution in [0.1, 0.15) is 12.5 Å². The fourth-order valence-corrected chi connectivity index (χ4v) is 1.86. The average Bonchev–Trinajstić information content (AvgIpc) is 2.64. The van der Waals surface area contributed by atoms with Crippen molar-refractivity contribution in [3.05, 3.63) is 35.6 Å². The molecule has 1 saturated heterocycles. The van der Waals surface area contributed by atoms with Gasteiger partial charge in [0.1, 0.15) is 11.9 Å². The van der Waals surface area contributed by atoms with E-state index in [0.29, 0.717) is 18.6 Å². The van der Waals surface area contributed by atoms with Crippen LogP contribution in [0.5, 0.6) is 0 Å². The Bertz CT molecular complexity index is 369. The highest BCUT2D eigenvalue weighted by Crippen LogP contribution is 2.27. The van der Waals surface area contributed by atoms with Gasteiger partial charge >= 0.3 is 0 Å². The molecule has 1 aromatic carbocycles. The second-order valence-corrected chi connectivity index (χ2v) is 4.14. The van der Waals surface area contributed by atoms with Gasteiger partial charge in [0.15, 0.2) is 5.79 Å². The van der Waals surface area contributed by atoms with E-state index in [2.05, 4.69) is 0 Å². The van der Waals surface area contributed by atoms with E-state index in [1.807, 2.05) is 0 Å². The van der Waals surface area contributed by atoms with E-state index >= 15 is 0 Å². The number of aliphatic hydroxyl groups is 1. The van der Waals surface area contributed by atoms with E-state index in [-0.39, 0.29) is 18.5 Å². The molecule has 0 saturated carbocycles. The van der Waals surface area contributed by atoms with Crippen LogP contribution in [0.3, 0.4) is 0 Å². The minimum atomic E-state index is -0.838. The summed E-state index contributed by atoms with van der Waals surface area (Å²) in [5.41, 5.74) is 0.559. The molecular formula is C12H15FO3. The predicted molar refractivity (Wildman–Crippen MR) is 56.4 cm³/mol. The van der Waals surface area contributed by atoms with Crippen molar-refractivity contribution in [1.82, 2.24) is 0 Å². The molecule has 0 amide bonds. The third-order valence-electron chi connectivity index (χ3n) is 2.66. The molecule has 2 rings (SSSR count). The van der Waals surface area contributed by atoms with Gasteiger partial charge in [-0.05, 0) is 18.6 Å². The Kier molecular flexibility index (Phi) is 3.23. The first kappa shape index (κ1) is 11.5. The van der Waals surface area contributed by atoms with Crippen LogP contribution >= 0.6 is 0 Å². The number of benzene rings is 1. The molecule has 0 radical (unpaired) electrons.